The molecule has 0 saturated heterocycles. The molecule has 0 saturated carbocycles. The van der Waals surface area contributed by atoms with E-state index in [2.05, 4.69) is 42.5 Å². The molecule has 2 aromatic rings. The van der Waals surface area contributed by atoms with Gasteiger partial charge in [0.1, 0.15) is 0 Å². The third kappa shape index (κ3) is 3.01. The number of anilines is 1. The van der Waals surface area contributed by atoms with Crippen LogP contribution in [0.2, 0.25) is 0 Å². The van der Waals surface area contributed by atoms with Gasteiger partial charge in [0, 0.05) is 23.7 Å². The second-order valence-corrected chi connectivity index (χ2v) is 5.78. The van der Waals surface area contributed by atoms with Gasteiger partial charge < -0.3 is 10.6 Å². The van der Waals surface area contributed by atoms with Crippen LogP contribution < -0.4 is 10.6 Å². The van der Waals surface area contributed by atoms with Gasteiger partial charge in [0.25, 0.3) is 0 Å². The number of rotatable bonds is 5. The largest absolute Gasteiger partial charge is 0.365 e. The highest BCUT2D eigenvalue weighted by atomic mass is 32.1. The lowest BCUT2D eigenvalue weighted by atomic mass is 10.0. The lowest BCUT2D eigenvalue weighted by Gasteiger charge is -2.33. The maximum Gasteiger partial charge on any atom is 0.0991 e. The van der Waals surface area contributed by atoms with Crippen molar-refractivity contribution in [2.24, 2.45) is 5.73 Å². The van der Waals surface area contributed by atoms with Crippen molar-refractivity contribution in [2.75, 3.05) is 11.9 Å². The van der Waals surface area contributed by atoms with Crippen LogP contribution in [-0.2, 0) is 0 Å². The molecule has 20 heavy (non-hydrogen) atoms. The summed E-state index contributed by atoms with van der Waals surface area (Å²) in [5, 5.41) is 11.0. The molecule has 3 nitrogen and oxygen atoms in total. The predicted molar refractivity (Wildman–Crippen MR) is 84.9 cm³/mol. The summed E-state index contributed by atoms with van der Waals surface area (Å²) in [5.74, 6) is 0. The molecule has 0 radical (unpaired) electrons. The van der Waals surface area contributed by atoms with Crippen LogP contribution in [0.25, 0.3) is 0 Å². The second kappa shape index (κ2) is 6.56. The van der Waals surface area contributed by atoms with Crippen molar-refractivity contribution in [2.45, 2.75) is 25.4 Å². The van der Waals surface area contributed by atoms with E-state index in [1.807, 2.05) is 24.3 Å². The summed E-state index contributed by atoms with van der Waals surface area (Å²) in [6, 6.07) is 14.2. The topological polar surface area (TPSA) is 53.0 Å². The van der Waals surface area contributed by atoms with Gasteiger partial charge in [-0.25, -0.2) is 0 Å². The van der Waals surface area contributed by atoms with Crippen molar-refractivity contribution in [3.05, 3.63) is 52.2 Å². The summed E-state index contributed by atoms with van der Waals surface area (Å²) in [6.45, 7) is 2.11. The van der Waals surface area contributed by atoms with E-state index in [0.29, 0.717) is 5.56 Å². The number of nitrogens with zero attached hydrogens (tertiary/aromatic N) is 2. The van der Waals surface area contributed by atoms with Crippen LogP contribution in [0.5, 0.6) is 0 Å². The Hall–Kier alpha value is -1.83. The molecular weight excluding hydrogens is 266 g/mol. The maximum atomic E-state index is 8.87. The molecule has 1 aromatic heterocycles. The van der Waals surface area contributed by atoms with Gasteiger partial charge in [0.15, 0.2) is 0 Å². The van der Waals surface area contributed by atoms with Crippen LogP contribution in [0.4, 0.5) is 5.69 Å². The Morgan fingerprint density at radius 3 is 2.50 bits per heavy atom. The zero-order chi connectivity index (χ0) is 14.5. The first-order valence-corrected chi connectivity index (χ1v) is 7.57. The van der Waals surface area contributed by atoms with Crippen molar-refractivity contribution >= 4 is 17.0 Å². The molecule has 0 aliphatic rings. The van der Waals surface area contributed by atoms with Crippen LogP contribution in [0.3, 0.4) is 0 Å². The Balaban J connectivity index is 2.30. The average Bonchev–Trinajstić information content (AvgIpc) is 3.01. The molecule has 2 unspecified atom stereocenters. The Kier molecular flexibility index (Phi) is 4.78. The van der Waals surface area contributed by atoms with Gasteiger partial charge in [0.2, 0.25) is 0 Å². The van der Waals surface area contributed by atoms with E-state index in [-0.39, 0.29) is 12.1 Å². The van der Waals surface area contributed by atoms with Crippen LogP contribution in [0.15, 0.2) is 41.8 Å². The normalized spacial score (nSPS) is 13.5. The first-order chi connectivity index (χ1) is 9.67. The van der Waals surface area contributed by atoms with E-state index in [9.17, 15) is 0 Å². The monoisotopic (exact) mass is 285 g/mol. The van der Waals surface area contributed by atoms with Gasteiger partial charge in [-0.15, -0.1) is 11.3 Å². The van der Waals surface area contributed by atoms with Crippen molar-refractivity contribution in [3.8, 4) is 6.07 Å². The van der Waals surface area contributed by atoms with E-state index in [4.69, 9.17) is 11.0 Å². The molecule has 2 N–H and O–H groups in total. The Labute approximate surface area is 124 Å². The molecule has 2 atom stereocenters. The van der Waals surface area contributed by atoms with Crippen molar-refractivity contribution < 1.29 is 0 Å². The zero-order valence-electron chi connectivity index (χ0n) is 11.8. The minimum Gasteiger partial charge on any atom is -0.365 e. The summed E-state index contributed by atoms with van der Waals surface area (Å²) in [5.41, 5.74) is 8.07. The van der Waals surface area contributed by atoms with E-state index < -0.39 is 0 Å². The molecule has 0 bridgehead atoms. The third-order valence-electron chi connectivity index (χ3n) is 3.53. The van der Waals surface area contributed by atoms with Crippen molar-refractivity contribution in [1.82, 2.24) is 0 Å². The summed E-state index contributed by atoms with van der Waals surface area (Å²) in [4.78, 5) is 3.47. The number of likely N-dealkylation sites (N-methyl/N-ethyl adjacent to an activating group) is 1. The number of hydrogen-bond donors (Lipinski definition) is 1. The lowest BCUT2D eigenvalue weighted by molar-refractivity contribution is 0.516. The minimum atomic E-state index is 0.0780. The Morgan fingerprint density at radius 1 is 1.30 bits per heavy atom. The highest BCUT2D eigenvalue weighted by Crippen LogP contribution is 2.31. The fourth-order valence-electron chi connectivity index (χ4n) is 2.30. The fraction of sp³-hybridized carbons (Fsp3) is 0.312. The summed E-state index contributed by atoms with van der Waals surface area (Å²) in [7, 11) is 2.06. The average molecular weight is 285 g/mol. The minimum absolute atomic E-state index is 0.0780. The number of benzene rings is 1. The third-order valence-corrected chi connectivity index (χ3v) is 4.48. The molecule has 4 heteroatoms. The van der Waals surface area contributed by atoms with Crippen molar-refractivity contribution in [1.29, 1.82) is 5.26 Å². The highest BCUT2D eigenvalue weighted by molar-refractivity contribution is 7.10. The predicted octanol–water partition coefficient (Wildman–Crippen LogP) is 3.53. The van der Waals surface area contributed by atoms with Gasteiger partial charge in [0.05, 0.1) is 17.7 Å². The number of nitrogens with two attached hydrogens (primary N) is 1. The van der Waals surface area contributed by atoms with Gasteiger partial charge in [-0.1, -0.05) is 13.0 Å². The van der Waals surface area contributed by atoms with Gasteiger partial charge in [-0.2, -0.15) is 5.26 Å². The van der Waals surface area contributed by atoms with Crippen molar-refractivity contribution in [3.63, 3.8) is 0 Å². The zero-order valence-corrected chi connectivity index (χ0v) is 12.6. The molecular formula is C16H19N3S. The van der Waals surface area contributed by atoms with Crippen LogP contribution in [0.1, 0.15) is 29.8 Å². The summed E-state index contributed by atoms with van der Waals surface area (Å²) >= 11 is 1.73. The molecule has 1 aromatic carbocycles. The lowest BCUT2D eigenvalue weighted by Crippen LogP contribution is -2.38. The molecule has 0 amide bonds. The van der Waals surface area contributed by atoms with Crippen LogP contribution >= 0.6 is 11.3 Å². The number of hydrogen-bond acceptors (Lipinski definition) is 4. The maximum absolute atomic E-state index is 8.87. The number of thiophene rings is 1. The quantitative estimate of drug-likeness (QED) is 0.914. The van der Waals surface area contributed by atoms with E-state index in [1.165, 1.54) is 4.88 Å². The van der Waals surface area contributed by atoms with E-state index in [1.54, 1.807) is 11.3 Å². The van der Waals surface area contributed by atoms with Gasteiger partial charge in [-0.05, 0) is 42.1 Å². The SMILES string of the molecule is CCC(N)C(c1cccs1)N(C)c1ccc(C#N)cc1. The molecule has 0 aliphatic heterocycles. The molecule has 1 heterocycles. The fourth-order valence-corrected chi connectivity index (χ4v) is 3.25. The molecule has 104 valence electrons. The molecule has 2 rings (SSSR count). The Morgan fingerprint density at radius 2 is 2.00 bits per heavy atom. The highest BCUT2D eigenvalue weighted by Gasteiger charge is 2.24. The number of nitriles is 1. The van der Waals surface area contributed by atoms with E-state index >= 15 is 0 Å². The molecule has 0 fully saturated rings. The van der Waals surface area contributed by atoms with Gasteiger partial charge >= 0.3 is 0 Å². The first-order valence-electron chi connectivity index (χ1n) is 6.69. The van der Waals surface area contributed by atoms with Crippen LogP contribution in [0, 0.1) is 11.3 Å². The smallest absolute Gasteiger partial charge is 0.0991 e. The summed E-state index contributed by atoms with van der Waals surface area (Å²) < 4.78 is 0. The molecule has 0 spiro atoms. The van der Waals surface area contributed by atoms with Crippen LogP contribution in [-0.4, -0.2) is 13.1 Å². The van der Waals surface area contributed by atoms with E-state index in [0.717, 1.165) is 12.1 Å². The standard InChI is InChI=1S/C16H19N3S/c1-3-14(18)16(15-5-4-10-20-15)19(2)13-8-6-12(11-17)7-9-13/h4-10,14,16H,3,18H2,1-2H3. The molecule has 0 aliphatic carbocycles. The second-order valence-electron chi connectivity index (χ2n) is 4.80. The van der Waals surface area contributed by atoms with Gasteiger partial charge in [-0.3, -0.25) is 0 Å². The first kappa shape index (κ1) is 14.6. The summed E-state index contributed by atoms with van der Waals surface area (Å²) in [6.07, 6.45) is 0.920. The Bertz CT molecular complexity index is 569.